The van der Waals surface area contributed by atoms with Crippen molar-refractivity contribution in [3.05, 3.63) is 78.4 Å². The van der Waals surface area contributed by atoms with E-state index >= 15 is 0 Å². The predicted molar refractivity (Wildman–Crippen MR) is 140 cm³/mol. The number of sulfonamides is 1. The molecule has 3 aromatic carbocycles. The highest BCUT2D eigenvalue weighted by molar-refractivity contribution is 7.92. The summed E-state index contributed by atoms with van der Waals surface area (Å²) in [6.45, 7) is 1.73. The number of hydrogen-bond donors (Lipinski definition) is 1. The van der Waals surface area contributed by atoms with Gasteiger partial charge in [-0.25, -0.2) is 8.42 Å². The summed E-state index contributed by atoms with van der Waals surface area (Å²) in [6, 6.07) is 22.7. The minimum absolute atomic E-state index is 0.235. The van der Waals surface area contributed by atoms with E-state index in [-0.39, 0.29) is 10.6 Å². The normalized spacial score (nSPS) is 15.8. The number of benzene rings is 3. The summed E-state index contributed by atoms with van der Waals surface area (Å²) >= 11 is 0. The molecule has 0 saturated heterocycles. The molecule has 0 bridgehead atoms. The average Bonchev–Trinajstić information content (AvgIpc) is 3.67. The van der Waals surface area contributed by atoms with Crippen LogP contribution in [0.1, 0.15) is 31.2 Å². The van der Waals surface area contributed by atoms with Gasteiger partial charge in [0, 0.05) is 38.0 Å². The number of hydrogen-bond acceptors (Lipinski definition) is 5. The van der Waals surface area contributed by atoms with Crippen LogP contribution in [0.2, 0.25) is 0 Å². The first-order valence-electron chi connectivity index (χ1n) is 11.9. The smallest absolute Gasteiger partial charge is 0.261 e. The first-order valence-corrected chi connectivity index (χ1v) is 13.4. The van der Waals surface area contributed by atoms with E-state index in [1.165, 1.54) is 5.56 Å². The van der Waals surface area contributed by atoms with Crippen LogP contribution in [0.15, 0.2) is 87.9 Å². The zero-order valence-electron chi connectivity index (χ0n) is 19.5. The molecule has 5 rings (SSSR count). The van der Waals surface area contributed by atoms with Crippen LogP contribution in [0.4, 0.5) is 11.4 Å². The number of aryl methyl sites for hydroxylation is 1. The van der Waals surface area contributed by atoms with Gasteiger partial charge in [-0.2, -0.15) is 10.2 Å². The molecule has 0 saturated carbocycles. The number of anilines is 2. The molecule has 0 radical (unpaired) electrons. The first kappa shape index (κ1) is 23.1. The molecule has 35 heavy (non-hydrogen) atoms. The Balaban J connectivity index is 1.30. The van der Waals surface area contributed by atoms with Crippen molar-refractivity contribution in [2.45, 2.75) is 42.7 Å². The topological polar surface area (TPSA) is 74.1 Å². The maximum absolute atomic E-state index is 13.1. The van der Waals surface area contributed by atoms with E-state index in [4.69, 9.17) is 6.42 Å². The van der Waals surface area contributed by atoms with Crippen LogP contribution in [-0.2, 0) is 16.4 Å². The molecule has 0 atom stereocenters. The predicted octanol–water partition coefficient (Wildman–Crippen LogP) is 5.87. The molecule has 0 fully saturated rings. The van der Waals surface area contributed by atoms with Crippen molar-refractivity contribution in [1.82, 2.24) is 0 Å². The summed E-state index contributed by atoms with van der Waals surface area (Å²) in [7, 11) is -3.71. The van der Waals surface area contributed by atoms with E-state index in [1.807, 2.05) is 60.7 Å². The maximum Gasteiger partial charge on any atom is 0.261 e. The molecule has 0 spiro atoms. The zero-order valence-corrected chi connectivity index (χ0v) is 20.3. The van der Waals surface area contributed by atoms with Crippen molar-refractivity contribution < 1.29 is 8.42 Å². The van der Waals surface area contributed by atoms with E-state index in [2.05, 4.69) is 25.8 Å². The molecule has 0 aromatic heterocycles. The molecule has 7 heteroatoms. The lowest BCUT2D eigenvalue weighted by Gasteiger charge is -2.32. The van der Waals surface area contributed by atoms with Gasteiger partial charge in [0.2, 0.25) is 0 Å². The van der Waals surface area contributed by atoms with Gasteiger partial charge in [0.1, 0.15) is 0 Å². The summed E-state index contributed by atoms with van der Waals surface area (Å²) in [5.74, 6) is 2.67. The lowest BCUT2D eigenvalue weighted by atomic mass is 9.99. The monoisotopic (exact) mass is 484 g/mol. The maximum atomic E-state index is 13.1. The van der Waals surface area contributed by atoms with Crippen LogP contribution in [0, 0.1) is 12.3 Å². The average molecular weight is 485 g/mol. The number of nitrogens with zero attached hydrogens (tertiary/aromatic N) is 3. The number of terminal acetylenes is 1. The van der Waals surface area contributed by atoms with Crippen LogP contribution >= 0.6 is 0 Å². The van der Waals surface area contributed by atoms with Gasteiger partial charge in [-0.3, -0.25) is 4.72 Å². The van der Waals surface area contributed by atoms with E-state index in [9.17, 15) is 8.42 Å². The van der Waals surface area contributed by atoms with Crippen LogP contribution in [-0.4, -0.2) is 27.2 Å². The highest BCUT2D eigenvalue weighted by atomic mass is 32.2. The fourth-order valence-electron chi connectivity index (χ4n) is 4.60. The molecule has 0 amide bonds. The number of fused-ring (bicyclic) bond motifs is 1. The van der Waals surface area contributed by atoms with Gasteiger partial charge < -0.3 is 4.90 Å². The molecule has 2 heterocycles. The molecule has 0 unspecified atom stereocenters. The lowest BCUT2D eigenvalue weighted by Crippen LogP contribution is -2.33. The second-order valence-corrected chi connectivity index (χ2v) is 10.7. The molecule has 0 aliphatic carbocycles. The Bertz CT molecular complexity index is 1370. The summed E-state index contributed by atoms with van der Waals surface area (Å²) in [6.07, 6.45) is 9.73. The van der Waals surface area contributed by atoms with Crippen molar-refractivity contribution in [3.8, 4) is 23.5 Å². The Labute approximate surface area is 207 Å². The molecule has 3 aromatic rings. The summed E-state index contributed by atoms with van der Waals surface area (Å²) in [4.78, 5) is 2.55. The zero-order chi connectivity index (χ0) is 24.3. The third kappa shape index (κ3) is 5.23. The van der Waals surface area contributed by atoms with Crippen LogP contribution in [0.25, 0.3) is 11.1 Å². The fourth-order valence-corrected chi connectivity index (χ4v) is 5.65. The van der Waals surface area contributed by atoms with Gasteiger partial charge in [-0.1, -0.05) is 48.5 Å². The Hall–Kier alpha value is -3.63. The van der Waals surface area contributed by atoms with Crippen molar-refractivity contribution in [2.75, 3.05) is 22.7 Å². The first-order chi connectivity index (χ1) is 17.0. The van der Waals surface area contributed by atoms with Gasteiger partial charge in [0.25, 0.3) is 10.0 Å². The second-order valence-electron chi connectivity index (χ2n) is 9.07. The van der Waals surface area contributed by atoms with E-state index in [0.29, 0.717) is 12.1 Å². The summed E-state index contributed by atoms with van der Waals surface area (Å²) in [5, 5.41) is 8.50. The Morgan fingerprint density at radius 1 is 0.971 bits per heavy atom. The van der Waals surface area contributed by atoms with Crippen molar-refractivity contribution >= 4 is 21.4 Å². The molecule has 2 aliphatic heterocycles. The lowest BCUT2D eigenvalue weighted by molar-refractivity contribution is 0.504. The third-order valence-electron chi connectivity index (χ3n) is 6.66. The molecule has 2 aliphatic rings. The van der Waals surface area contributed by atoms with Crippen LogP contribution in [0.3, 0.4) is 0 Å². The molecule has 178 valence electrons. The van der Waals surface area contributed by atoms with Gasteiger partial charge in [0.05, 0.1) is 10.6 Å². The standard InChI is InChI=1S/C28H28N4O2S/c1-2-3-17-28(30-31-28)18-20-32-19-7-10-24-11-14-25(21-27(24)32)29-35(33,34)26-15-12-23(13-16-26)22-8-5-4-6-9-22/h1,4-6,8-9,11-16,21,29H,3,7,10,17-20H2. The van der Waals surface area contributed by atoms with Crippen LogP contribution in [0.5, 0.6) is 0 Å². The van der Waals surface area contributed by atoms with Gasteiger partial charge in [-0.15, -0.1) is 12.3 Å². The van der Waals surface area contributed by atoms with E-state index in [1.54, 1.807) is 12.1 Å². The van der Waals surface area contributed by atoms with E-state index < -0.39 is 10.0 Å². The minimum Gasteiger partial charge on any atom is -0.371 e. The molecular formula is C28H28N4O2S. The largest absolute Gasteiger partial charge is 0.371 e. The van der Waals surface area contributed by atoms with E-state index in [0.717, 1.165) is 55.6 Å². The highest BCUT2D eigenvalue weighted by Crippen LogP contribution is 2.38. The Morgan fingerprint density at radius 3 is 2.43 bits per heavy atom. The number of nitrogens with one attached hydrogen (secondary N) is 1. The Morgan fingerprint density at radius 2 is 1.71 bits per heavy atom. The fraction of sp³-hybridized carbons (Fsp3) is 0.286. The van der Waals surface area contributed by atoms with Crippen LogP contribution < -0.4 is 9.62 Å². The van der Waals surface area contributed by atoms with Gasteiger partial charge in [0.15, 0.2) is 5.66 Å². The summed E-state index contributed by atoms with van der Waals surface area (Å²) < 4.78 is 29.0. The molecule has 1 N–H and O–H groups in total. The summed E-state index contributed by atoms with van der Waals surface area (Å²) in [5.41, 5.74) is 4.56. The second kappa shape index (κ2) is 9.55. The highest BCUT2D eigenvalue weighted by Gasteiger charge is 2.39. The van der Waals surface area contributed by atoms with Gasteiger partial charge >= 0.3 is 0 Å². The van der Waals surface area contributed by atoms with Crippen molar-refractivity contribution in [3.63, 3.8) is 0 Å². The van der Waals surface area contributed by atoms with Crippen molar-refractivity contribution in [2.24, 2.45) is 10.2 Å². The molecule has 6 nitrogen and oxygen atoms in total. The Kier molecular flexibility index (Phi) is 6.31. The molecular weight excluding hydrogens is 456 g/mol. The quantitative estimate of drug-likeness (QED) is 0.386. The minimum atomic E-state index is -3.71. The SMILES string of the molecule is C#CCCC1(CCN2CCCc3ccc(NS(=O)(=O)c4ccc(-c5ccccc5)cc4)cc32)N=N1. The van der Waals surface area contributed by atoms with Crippen molar-refractivity contribution in [1.29, 1.82) is 0 Å². The number of rotatable bonds is 9. The third-order valence-corrected chi connectivity index (χ3v) is 8.06. The van der Waals surface area contributed by atoms with Gasteiger partial charge in [-0.05, 0) is 53.8 Å².